The van der Waals surface area contributed by atoms with Gasteiger partial charge in [-0.15, -0.1) is 0 Å². The highest BCUT2D eigenvalue weighted by molar-refractivity contribution is 5.90. The van der Waals surface area contributed by atoms with Gasteiger partial charge in [-0.25, -0.2) is 0 Å². The molecule has 0 aromatic heterocycles. The molecule has 104 valence electrons. The van der Waals surface area contributed by atoms with E-state index in [0.29, 0.717) is 12.2 Å². The zero-order chi connectivity index (χ0) is 13.9. The van der Waals surface area contributed by atoms with Crippen molar-refractivity contribution in [3.63, 3.8) is 0 Å². The van der Waals surface area contributed by atoms with E-state index < -0.39 is 0 Å². The van der Waals surface area contributed by atoms with Crippen LogP contribution in [0.4, 0.5) is 0 Å². The summed E-state index contributed by atoms with van der Waals surface area (Å²) in [7, 11) is 0. The predicted molar refractivity (Wildman–Crippen MR) is 79.4 cm³/mol. The van der Waals surface area contributed by atoms with Crippen molar-refractivity contribution in [2.45, 2.75) is 52.0 Å². The van der Waals surface area contributed by atoms with Crippen LogP contribution >= 0.6 is 0 Å². The average Bonchev–Trinajstić information content (AvgIpc) is 2.95. The molecule has 2 rings (SSSR count). The fourth-order valence-electron chi connectivity index (χ4n) is 2.98. The van der Waals surface area contributed by atoms with Gasteiger partial charge in [-0.3, -0.25) is 9.69 Å². The van der Waals surface area contributed by atoms with Crippen LogP contribution in [-0.2, 0) is 11.2 Å². The quantitative estimate of drug-likeness (QED) is 0.808. The van der Waals surface area contributed by atoms with E-state index in [0.717, 1.165) is 19.5 Å². The number of carbonyl (C=O) groups excluding carboxylic acids is 1. The first-order valence-electron chi connectivity index (χ1n) is 7.41. The van der Waals surface area contributed by atoms with Crippen molar-refractivity contribution in [1.29, 1.82) is 0 Å². The predicted octanol–water partition coefficient (Wildman–Crippen LogP) is 3.37. The van der Waals surface area contributed by atoms with Gasteiger partial charge in [0.25, 0.3) is 0 Å². The SMILES string of the molecule is CCC(C)(C(=O)Cc1ccccc1C)N1CCCC1. The number of carbonyl (C=O) groups is 1. The fraction of sp³-hybridized carbons (Fsp3) is 0.588. The summed E-state index contributed by atoms with van der Waals surface area (Å²) in [6.45, 7) is 8.49. The molecule has 2 nitrogen and oxygen atoms in total. The number of Topliss-reactive ketones (excluding diaryl/α,β-unsaturated/α-hetero) is 1. The Morgan fingerprint density at radius 3 is 2.47 bits per heavy atom. The van der Waals surface area contributed by atoms with Crippen molar-refractivity contribution in [3.8, 4) is 0 Å². The molecule has 0 radical (unpaired) electrons. The lowest BCUT2D eigenvalue weighted by atomic mass is 9.86. The number of hydrogen-bond donors (Lipinski definition) is 0. The third-order valence-corrected chi connectivity index (χ3v) is 4.71. The first-order chi connectivity index (χ1) is 9.08. The maximum absolute atomic E-state index is 12.8. The third-order valence-electron chi connectivity index (χ3n) is 4.71. The van der Waals surface area contributed by atoms with Crippen molar-refractivity contribution >= 4 is 5.78 Å². The Morgan fingerprint density at radius 1 is 1.26 bits per heavy atom. The van der Waals surface area contributed by atoms with Crippen molar-refractivity contribution in [1.82, 2.24) is 4.90 Å². The minimum Gasteiger partial charge on any atom is -0.297 e. The first-order valence-corrected chi connectivity index (χ1v) is 7.41. The van der Waals surface area contributed by atoms with E-state index in [9.17, 15) is 4.79 Å². The van der Waals surface area contributed by atoms with Crippen LogP contribution in [0.1, 0.15) is 44.2 Å². The number of rotatable bonds is 5. The Balaban J connectivity index is 2.15. The van der Waals surface area contributed by atoms with Gasteiger partial charge in [0.05, 0.1) is 5.54 Å². The summed E-state index contributed by atoms with van der Waals surface area (Å²) in [6, 6.07) is 8.21. The van der Waals surface area contributed by atoms with E-state index in [1.54, 1.807) is 0 Å². The van der Waals surface area contributed by atoms with E-state index in [1.807, 2.05) is 12.1 Å². The molecule has 0 spiro atoms. The molecule has 1 aliphatic rings. The highest BCUT2D eigenvalue weighted by atomic mass is 16.1. The van der Waals surface area contributed by atoms with Crippen LogP contribution < -0.4 is 0 Å². The molecule has 1 heterocycles. The molecule has 1 aromatic rings. The molecule has 1 fully saturated rings. The Hall–Kier alpha value is -1.15. The van der Waals surface area contributed by atoms with Gasteiger partial charge in [0, 0.05) is 6.42 Å². The largest absolute Gasteiger partial charge is 0.297 e. The lowest BCUT2D eigenvalue weighted by Crippen LogP contribution is -2.51. The number of likely N-dealkylation sites (tertiary alicyclic amines) is 1. The van der Waals surface area contributed by atoms with Crippen LogP contribution in [0.3, 0.4) is 0 Å². The zero-order valence-corrected chi connectivity index (χ0v) is 12.4. The topological polar surface area (TPSA) is 20.3 Å². The molecule has 1 saturated heterocycles. The molecular formula is C17H25NO. The van der Waals surface area contributed by atoms with E-state index in [-0.39, 0.29) is 5.54 Å². The average molecular weight is 259 g/mol. The Bertz CT molecular complexity index is 448. The summed E-state index contributed by atoms with van der Waals surface area (Å²) in [5.41, 5.74) is 2.11. The minimum absolute atomic E-state index is 0.279. The number of nitrogens with zero attached hydrogens (tertiary/aromatic N) is 1. The summed E-state index contributed by atoms with van der Waals surface area (Å²) < 4.78 is 0. The monoisotopic (exact) mass is 259 g/mol. The van der Waals surface area contributed by atoms with E-state index in [1.165, 1.54) is 24.0 Å². The molecule has 1 unspecified atom stereocenters. The Kier molecular flexibility index (Phi) is 4.41. The lowest BCUT2D eigenvalue weighted by molar-refractivity contribution is -0.129. The van der Waals surface area contributed by atoms with Crippen molar-refractivity contribution in [2.24, 2.45) is 0 Å². The molecule has 0 bridgehead atoms. The molecule has 0 aliphatic carbocycles. The Morgan fingerprint density at radius 2 is 1.89 bits per heavy atom. The second kappa shape index (κ2) is 5.87. The highest BCUT2D eigenvalue weighted by Gasteiger charge is 2.38. The van der Waals surface area contributed by atoms with Gasteiger partial charge in [-0.1, -0.05) is 31.2 Å². The summed E-state index contributed by atoms with van der Waals surface area (Å²) in [4.78, 5) is 15.1. The smallest absolute Gasteiger partial charge is 0.157 e. The summed E-state index contributed by atoms with van der Waals surface area (Å²) in [5, 5.41) is 0. The van der Waals surface area contributed by atoms with Gasteiger partial charge in [-0.05, 0) is 57.3 Å². The molecular weight excluding hydrogens is 234 g/mol. The first kappa shape index (κ1) is 14.3. The molecule has 1 aliphatic heterocycles. The van der Waals surface area contributed by atoms with Gasteiger partial charge >= 0.3 is 0 Å². The fourth-order valence-corrected chi connectivity index (χ4v) is 2.98. The van der Waals surface area contributed by atoms with Gasteiger partial charge in [0.1, 0.15) is 0 Å². The standard InChI is InChI=1S/C17H25NO/c1-4-17(3,18-11-7-8-12-18)16(19)13-15-10-6-5-9-14(15)2/h5-6,9-10H,4,7-8,11-13H2,1-3H3. The summed E-state index contributed by atoms with van der Waals surface area (Å²) in [5.74, 6) is 0.367. The maximum Gasteiger partial charge on any atom is 0.157 e. The van der Waals surface area contributed by atoms with E-state index in [2.05, 4.69) is 37.8 Å². The maximum atomic E-state index is 12.8. The second-order valence-electron chi connectivity index (χ2n) is 5.85. The number of ketones is 1. The van der Waals surface area contributed by atoms with Crippen LogP contribution in [0.15, 0.2) is 24.3 Å². The molecule has 1 atom stereocenters. The molecule has 0 amide bonds. The third kappa shape index (κ3) is 2.89. The second-order valence-corrected chi connectivity index (χ2v) is 5.85. The molecule has 0 N–H and O–H groups in total. The molecule has 0 saturated carbocycles. The number of benzene rings is 1. The zero-order valence-electron chi connectivity index (χ0n) is 12.4. The van der Waals surface area contributed by atoms with Crippen LogP contribution in [0, 0.1) is 6.92 Å². The molecule has 2 heteroatoms. The van der Waals surface area contributed by atoms with Gasteiger partial charge in [0.2, 0.25) is 0 Å². The number of aryl methyl sites for hydroxylation is 1. The number of hydrogen-bond acceptors (Lipinski definition) is 2. The summed E-state index contributed by atoms with van der Waals surface area (Å²) in [6.07, 6.45) is 3.92. The minimum atomic E-state index is -0.279. The van der Waals surface area contributed by atoms with E-state index >= 15 is 0 Å². The molecule has 1 aromatic carbocycles. The van der Waals surface area contributed by atoms with Crippen molar-refractivity contribution in [2.75, 3.05) is 13.1 Å². The van der Waals surface area contributed by atoms with Crippen LogP contribution in [0.2, 0.25) is 0 Å². The normalized spacial score (nSPS) is 19.3. The highest BCUT2D eigenvalue weighted by Crippen LogP contribution is 2.27. The summed E-state index contributed by atoms with van der Waals surface area (Å²) >= 11 is 0. The lowest BCUT2D eigenvalue weighted by Gasteiger charge is -2.37. The van der Waals surface area contributed by atoms with Crippen molar-refractivity contribution < 1.29 is 4.79 Å². The van der Waals surface area contributed by atoms with Gasteiger partial charge in [0.15, 0.2) is 5.78 Å². The van der Waals surface area contributed by atoms with Crippen LogP contribution in [0.25, 0.3) is 0 Å². The van der Waals surface area contributed by atoms with Crippen molar-refractivity contribution in [3.05, 3.63) is 35.4 Å². The van der Waals surface area contributed by atoms with Gasteiger partial charge < -0.3 is 0 Å². The van der Waals surface area contributed by atoms with Gasteiger partial charge in [-0.2, -0.15) is 0 Å². The van der Waals surface area contributed by atoms with E-state index in [4.69, 9.17) is 0 Å². The van der Waals surface area contributed by atoms with Crippen LogP contribution in [-0.4, -0.2) is 29.3 Å². The molecule has 19 heavy (non-hydrogen) atoms. The Labute approximate surface area is 116 Å². The van der Waals surface area contributed by atoms with Crippen LogP contribution in [0.5, 0.6) is 0 Å².